The molecule has 0 aromatic heterocycles. The van der Waals surface area contributed by atoms with Crippen molar-refractivity contribution in [3.05, 3.63) is 60.2 Å². The molecule has 1 aliphatic heterocycles. The molecule has 0 aliphatic carbocycles. The maximum Gasteiger partial charge on any atom is 0.254 e. The molecule has 2 aromatic carbocycles. The SMILES string of the molecule is Cl.O=C(Nc1cccc(COCCOc2ccccc2)c1)C1CNCCO1. The number of carbonyl (C=O) groups is 1. The highest BCUT2D eigenvalue weighted by Crippen LogP contribution is 2.13. The Morgan fingerprint density at radius 3 is 2.78 bits per heavy atom. The number of benzene rings is 2. The van der Waals surface area contributed by atoms with Gasteiger partial charge in [0.2, 0.25) is 0 Å². The zero-order chi connectivity index (χ0) is 18.0. The summed E-state index contributed by atoms with van der Waals surface area (Å²) in [6.45, 7) is 3.32. The van der Waals surface area contributed by atoms with E-state index in [0.717, 1.165) is 23.5 Å². The molecule has 2 N–H and O–H groups in total. The van der Waals surface area contributed by atoms with E-state index in [-0.39, 0.29) is 18.3 Å². The topological polar surface area (TPSA) is 68.8 Å². The minimum atomic E-state index is -0.446. The van der Waals surface area contributed by atoms with E-state index < -0.39 is 6.10 Å². The summed E-state index contributed by atoms with van der Waals surface area (Å²) in [5, 5.41) is 6.04. The van der Waals surface area contributed by atoms with Crippen LogP contribution in [0.1, 0.15) is 5.56 Å². The number of carbonyl (C=O) groups excluding carboxylic acids is 1. The highest BCUT2D eigenvalue weighted by Gasteiger charge is 2.21. The lowest BCUT2D eigenvalue weighted by atomic mass is 10.2. The third kappa shape index (κ3) is 7.19. The van der Waals surface area contributed by atoms with Gasteiger partial charge in [0.25, 0.3) is 5.91 Å². The molecular weight excluding hydrogens is 368 g/mol. The van der Waals surface area contributed by atoms with E-state index in [0.29, 0.717) is 33.0 Å². The monoisotopic (exact) mass is 392 g/mol. The lowest BCUT2D eigenvalue weighted by Crippen LogP contribution is -2.45. The summed E-state index contributed by atoms with van der Waals surface area (Å²) in [5.74, 6) is 0.701. The maximum atomic E-state index is 12.2. The van der Waals surface area contributed by atoms with Gasteiger partial charge in [0.15, 0.2) is 0 Å². The Morgan fingerprint density at radius 2 is 2.00 bits per heavy atom. The summed E-state index contributed by atoms with van der Waals surface area (Å²) < 4.78 is 16.7. The molecule has 0 spiro atoms. The molecule has 1 amide bonds. The molecule has 0 bridgehead atoms. The third-order valence-electron chi connectivity index (χ3n) is 3.92. The van der Waals surface area contributed by atoms with Crippen molar-refractivity contribution >= 4 is 24.0 Å². The molecular formula is C20H25ClN2O4. The van der Waals surface area contributed by atoms with Gasteiger partial charge in [0.05, 0.1) is 19.8 Å². The van der Waals surface area contributed by atoms with Crippen LogP contribution in [0.15, 0.2) is 54.6 Å². The van der Waals surface area contributed by atoms with Crippen LogP contribution in [0.4, 0.5) is 5.69 Å². The van der Waals surface area contributed by atoms with Gasteiger partial charge >= 0.3 is 0 Å². The number of amides is 1. The molecule has 0 radical (unpaired) electrons. The van der Waals surface area contributed by atoms with E-state index in [1.54, 1.807) is 0 Å². The first-order valence-corrected chi connectivity index (χ1v) is 8.79. The molecule has 2 aromatic rings. The smallest absolute Gasteiger partial charge is 0.254 e. The van der Waals surface area contributed by atoms with Gasteiger partial charge in [-0.2, -0.15) is 0 Å². The summed E-state index contributed by atoms with van der Waals surface area (Å²) in [6, 6.07) is 17.3. The molecule has 1 heterocycles. The van der Waals surface area contributed by atoms with Crippen LogP contribution in [0, 0.1) is 0 Å². The Bertz CT molecular complexity index is 693. The van der Waals surface area contributed by atoms with Gasteiger partial charge in [0, 0.05) is 18.8 Å². The van der Waals surface area contributed by atoms with E-state index >= 15 is 0 Å². The Labute approximate surface area is 165 Å². The molecule has 7 heteroatoms. The van der Waals surface area contributed by atoms with Crippen LogP contribution in [0.2, 0.25) is 0 Å². The van der Waals surface area contributed by atoms with Crippen LogP contribution in [0.5, 0.6) is 5.75 Å². The molecule has 1 saturated heterocycles. The average molecular weight is 393 g/mol. The lowest BCUT2D eigenvalue weighted by molar-refractivity contribution is -0.128. The maximum absolute atomic E-state index is 12.2. The molecule has 3 rings (SSSR count). The van der Waals surface area contributed by atoms with Gasteiger partial charge in [-0.05, 0) is 29.8 Å². The molecule has 1 unspecified atom stereocenters. The largest absolute Gasteiger partial charge is 0.491 e. The number of ether oxygens (including phenoxy) is 3. The van der Waals surface area contributed by atoms with Crippen LogP contribution in [-0.2, 0) is 20.9 Å². The van der Waals surface area contributed by atoms with Crippen molar-refractivity contribution in [2.75, 3.05) is 38.2 Å². The van der Waals surface area contributed by atoms with Crippen molar-refractivity contribution in [2.45, 2.75) is 12.7 Å². The lowest BCUT2D eigenvalue weighted by Gasteiger charge is -2.22. The Morgan fingerprint density at radius 1 is 1.15 bits per heavy atom. The standard InChI is InChI=1S/C20H24N2O4.ClH/c23-20(19-14-21-9-10-26-19)22-17-6-4-5-16(13-17)15-24-11-12-25-18-7-2-1-3-8-18;/h1-8,13,19,21H,9-12,14-15H2,(H,22,23);1H. The first-order chi connectivity index (χ1) is 12.8. The van der Waals surface area contributed by atoms with Crippen molar-refractivity contribution in [1.82, 2.24) is 5.32 Å². The number of rotatable bonds is 8. The first kappa shape index (κ1) is 21.2. The van der Waals surface area contributed by atoms with Gasteiger partial charge in [-0.3, -0.25) is 4.79 Å². The Balaban J connectivity index is 0.00000261. The molecule has 1 atom stereocenters. The molecule has 27 heavy (non-hydrogen) atoms. The van der Waals surface area contributed by atoms with Gasteiger partial charge in [-0.15, -0.1) is 12.4 Å². The number of hydrogen-bond acceptors (Lipinski definition) is 5. The van der Waals surface area contributed by atoms with Crippen LogP contribution in [0.3, 0.4) is 0 Å². The second-order valence-electron chi connectivity index (χ2n) is 5.97. The fourth-order valence-corrected chi connectivity index (χ4v) is 2.62. The minimum absolute atomic E-state index is 0. The van der Waals surface area contributed by atoms with Gasteiger partial charge in [0.1, 0.15) is 18.5 Å². The summed E-state index contributed by atoms with van der Waals surface area (Å²) in [5.41, 5.74) is 1.73. The van der Waals surface area contributed by atoms with Crippen LogP contribution in [0.25, 0.3) is 0 Å². The van der Waals surface area contributed by atoms with Crippen LogP contribution >= 0.6 is 12.4 Å². The second-order valence-corrected chi connectivity index (χ2v) is 5.97. The normalized spacial score (nSPS) is 16.2. The third-order valence-corrected chi connectivity index (χ3v) is 3.92. The fourth-order valence-electron chi connectivity index (χ4n) is 2.62. The predicted molar refractivity (Wildman–Crippen MR) is 107 cm³/mol. The number of para-hydroxylation sites is 1. The van der Waals surface area contributed by atoms with Gasteiger partial charge < -0.3 is 24.8 Å². The van der Waals surface area contributed by atoms with Crippen LogP contribution < -0.4 is 15.4 Å². The fraction of sp³-hybridized carbons (Fsp3) is 0.350. The number of morpholine rings is 1. The number of nitrogens with one attached hydrogen (secondary N) is 2. The van der Waals surface area contributed by atoms with Crippen molar-refractivity contribution < 1.29 is 19.0 Å². The van der Waals surface area contributed by atoms with E-state index in [1.807, 2.05) is 54.6 Å². The molecule has 0 saturated carbocycles. The quantitative estimate of drug-likeness (QED) is 0.676. The van der Waals surface area contributed by atoms with E-state index in [4.69, 9.17) is 14.2 Å². The second kappa shape index (κ2) is 11.6. The summed E-state index contributed by atoms with van der Waals surface area (Å²) >= 11 is 0. The first-order valence-electron chi connectivity index (χ1n) is 8.79. The molecule has 1 aliphatic rings. The van der Waals surface area contributed by atoms with Crippen molar-refractivity contribution in [3.8, 4) is 5.75 Å². The zero-order valence-electron chi connectivity index (χ0n) is 15.1. The van der Waals surface area contributed by atoms with Gasteiger partial charge in [-0.1, -0.05) is 30.3 Å². The molecule has 1 fully saturated rings. The van der Waals surface area contributed by atoms with Crippen LogP contribution in [-0.4, -0.2) is 44.9 Å². The van der Waals surface area contributed by atoms with Gasteiger partial charge in [-0.25, -0.2) is 0 Å². The predicted octanol–water partition coefficient (Wildman–Crippen LogP) is 2.63. The number of hydrogen-bond donors (Lipinski definition) is 2. The molecule has 6 nitrogen and oxygen atoms in total. The summed E-state index contributed by atoms with van der Waals surface area (Å²) in [6.07, 6.45) is -0.446. The van der Waals surface area contributed by atoms with Crippen molar-refractivity contribution in [1.29, 1.82) is 0 Å². The average Bonchev–Trinajstić information content (AvgIpc) is 2.69. The Hall–Kier alpha value is -2.12. The van der Waals surface area contributed by atoms with E-state index in [2.05, 4.69) is 10.6 Å². The highest BCUT2D eigenvalue weighted by molar-refractivity contribution is 5.94. The van der Waals surface area contributed by atoms with E-state index in [9.17, 15) is 4.79 Å². The number of halogens is 1. The Kier molecular flexibility index (Phi) is 9.07. The molecule has 146 valence electrons. The van der Waals surface area contributed by atoms with E-state index in [1.165, 1.54) is 0 Å². The zero-order valence-corrected chi connectivity index (χ0v) is 15.9. The summed E-state index contributed by atoms with van der Waals surface area (Å²) in [7, 11) is 0. The summed E-state index contributed by atoms with van der Waals surface area (Å²) in [4.78, 5) is 12.2. The van der Waals surface area contributed by atoms with Crippen molar-refractivity contribution in [3.63, 3.8) is 0 Å². The van der Waals surface area contributed by atoms with Crippen molar-refractivity contribution in [2.24, 2.45) is 0 Å². The number of anilines is 1. The minimum Gasteiger partial charge on any atom is -0.491 e. The highest BCUT2D eigenvalue weighted by atomic mass is 35.5.